The highest BCUT2D eigenvalue weighted by atomic mass is 16.5. The van der Waals surface area contributed by atoms with Crippen LogP contribution in [0.2, 0.25) is 0 Å². The van der Waals surface area contributed by atoms with Gasteiger partial charge in [0.25, 0.3) is 0 Å². The van der Waals surface area contributed by atoms with E-state index in [4.69, 9.17) is 0 Å². The Bertz CT molecular complexity index is 386. The molecule has 4 nitrogen and oxygen atoms in total. The van der Waals surface area contributed by atoms with Crippen LogP contribution in [0.4, 0.5) is 0 Å². The summed E-state index contributed by atoms with van der Waals surface area (Å²) in [5.41, 5.74) is -0.832. The Morgan fingerprint density at radius 3 is 2.40 bits per heavy atom. The molecule has 0 spiro atoms. The lowest BCUT2D eigenvalue weighted by atomic mass is 9.69. The molecule has 114 valence electrons. The summed E-state index contributed by atoms with van der Waals surface area (Å²) >= 11 is 0. The standard InChI is InChI=1S/C16H26O4/c1-11(2)12(10-15(19)20-4)9-14(18)16(3)8-6-5-7-13(16)17/h11-12H,5-10H2,1-4H3. The van der Waals surface area contributed by atoms with Crippen LogP contribution >= 0.6 is 0 Å². The van der Waals surface area contributed by atoms with Gasteiger partial charge in [0.05, 0.1) is 12.5 Å². The minimum absolute atomic E-state index is 0.00944. The van der Waals surface area contributed by atoms with Gasteiger partial charge in [0.2, 0.25) is 0 Å². The molecule has 0 heterocycles. The minimum atomic E-state index is -0.832. The summed E-state index contributed by atoms with van der Waals surface area (Å²) < 4.78 is 4.69. The third-order valence-corrected chi connectivity index (χ3v) is 4.61. The van der Waals surface area contributed by atoms with E-state index in [2.05, 4.69) is 4.74 Å². The number of ketones is 2. The Hall–Kier alpha value is -1.19. The Labute approximate surface area is 121 Å². The highest BCUT2D eigenvalue weighted by molar-refractivity contribution is 6.07. The second-order valence-corrected chi connectivity index (χ2v) is 6.37. The first-order valence-corrected chi connectivity index (χ1v) is 7.44. The van der Waals surface area contributed by atoms with Gasteiger partial charge >= 0.3 is 5.97 Å². The zero-order valence-corrected chi connectivity index (χ0v) is 13.0. The van der Waals surface area contributed by atoms with Crippen molar-refractivity contribution in [1.29, 1.82) is 0 Å². The van der Waals surface area contributed by atoms with Gasteiger partial charge in [0.1, 0.15) is 11.6 Å². The van der Waals surface area contributed by atoms with Crippen molar-refractivity contribution in [3.8, 4) is 0 Å². The van der Waals surface area contributed by atoms with Gasteiger partial charge < -0.3 is 4.74 Å². The number of ether oxygens (including phenoxy) is 1. The van der Waals surface area contributed by atoms with Crippen LogP contribution < -0.4 is 0 Å². The predicted octanol–water partition coefficient (Wildman–Crippen LogP) is 2.93. The fourth-order valence-corrected chi connectivity index (χ4v) is 2.78. The van der Waals surface area contributed by atoms with E-state index in [-0.39, 0.29) is 42.2 Å². The summed E-state index contributed by atoms with van der Waals surface area (Å²) in [6.07, 6.45) is 3.49. The van der Waals surface area contributed by atoms with Crippen molar-refractivity contribution in [3.63, 3.8) is 0 Å². The Morgan fingerprint density at radius 2 is 1.90 bits per heavy atom. The average Bonchev–Trinajstić information content (AvgIpc) is 2.40. The third kappa shape index (κ3) is 3.90. The van der Waals surface area contributed by atoms with Crippen LogP contribution in [-0.2, 0) is 19.1 Å². The van der Waals surface area contributed by atoms with Gasteiger partial charge in [-0.15, -0.1) is 0 Å². The molecule has 1 saturated carbocycles. The van der Waals surface area contributed by atoms with Crippen LogP contribution in [0.25, 0.3) is 0 Å². The molecule has 0 bridgehead atoms. The molecule has 1 aliphatic rings. The fourth-order valence-electron chi connectivity index (χ4n) is 2.78. The monoisotopic (exact) mass is 282 g/mol. The number of hydrogen-bond donors (Lipinski definition) is 0. The first-order valence-electron chi connectivity index (χ1n) is 7.44. The number of methoxy groups -OCH3 is 1. The highest BCUT2D eigenvalue weighted by Gasteiger charge is 2.42. The molecule has 0 aromatic heterocycles. The lowest BCUT2D eigenvalue weighted by Gasteiger charge is -2.32. The van der Waals surface area contributed by atoms with Crippen molar-refractivity contribution in [1.82, 2.24) is 0 Å². The Balaban J connectivity index is 2.74. The quantitative estimate of drug-likeness (QED) is 0.555. The maximum absolute atomic E-state index is 12.5. The largest absolute Gasteiger partial charge is 0.469 e. The SMILES string of the molecule is COC(=O)CC(CC(=O)C1(C)CCCCC1=O)C(C)C. The second kappa shape index (κ2) is 7.00. The van der Waals surface area contributed by atoms with E-state index >= 15 is 0 Å². The van der Waals surface area contributed by atoms with E-state index in [9.17, 15) is 14.4 Å². The Kier molecular flexibility index (Phi) is 5.90. The number of carbonyl (C=O) groups is 3. The van der Waals surface area contributed by atoms with E-state index in [0.717, 1.165) is 12.8 Å². The zero-order chi connectivity index (χ0) is 15.3. The maximum Gasteiger partial charge on any atom is 0.305 e. The second-order valence-electron chi connectivity index (χ2n) is 6.37. The van der Waals surface area contributed by atoms with E-state index in [1.54, 1.807) is 6.92 Å². The molecule has 0 aromatic rings. The van der Waals surface area contributed by atoms with Gasteiger partial charge in [-0.05, 0) is 31.6 Å². The van der Waals surface area contributed by atoms with E-state index in [1.807, 2.05) is 13.8 Å². The van der Waals surface area contributed by atoms with Crippen molar-refractivity contribution >= 4 is 17.5 Å². The van der Waals surface area contributed by atoms with Gasteiger partial charge in [-0.25, -0.2) is 0 Å². The highest BCUT2D eigenvalue weighted by Crippen LogP contribution is 2.36. The molecule has 2 atom stereocenters. The number of carbonyl (C=O) groups excluding carboxylic acids is 3. The summed E-state index contributed by atoms with van der Waals surface area (Å²) in [4.78, 5) is 36.0. The average molecular weight is 282 g/mol. The molecular weight excluding hydrogens is 256 g/mol. The van der Waals surface area contributed by atoms with Gasteiger partial charge in [0.15, 0.2) is 0 Å². The van der Waals surface area contributed by atoms with Crippen LogP contribution in [0.3, 0.4) is 0 Å². The molecule has 0 saturated heterocycles. The molecule has 1 rings (SSSR count). The van der Waals surface area contributed by atoms with Gasteiger partial charge in [-0.1, -0.05) is 20.3 Å². The molecular formula is C16H26O4. The van der Waals surface area contributed by atoms with Crippen LogP contribution in [0.5, 0.6) is 0 Å². The number of esters is 1. The normalized spacial score (nSPS) is 24.6. The molecule has 0 aromatic carbocycles. The van der Waals surface area contributed by atoms with Gasteiger partial charge in [-0.3, -0.25) is 14.4 Å². The van der Waals surface area contributed by atoms with Crippen LogP contribution in [-0.4, -0.2) is 24.6 Å². The first kappa shape index (κ1) is 16.9. The number of hydrogen-bond acceptors (Lipinski definition) is 4. The minimum Gasteiger partial charge on any atom is -0.469 e. The van der Waals surface area contributed by atoms with Crippen LogP contribution in [0.1, 0.15) is 59.3 Å². The topological polar surface area (TPSA) is 60.4 Å². The maximum atomic E-state index is 12.5. The lowest BCUT2D eigenvalue weighted by Crippen LogP contribution is -2.40. The summed E-state index contributed by atoms with van der Waals surface area (Å²) in [7, 11) is 1.35. The summed E-state index contributed by atoms with van der Waals surface area (Å²) in [5, 5.41) is 0. The Morgan fingerprint density at radius 1 is 1.25 bits per heavy atom. The van der Waals surface area contributed by atoms with Gasteiger partial charge in [0, 0.05) is 19.3 Å². The van der Waals surface area contributed by atoms with Crippen molar-refractivity contribution < 1.29 is 19.1 Å². The van der Waals surface area contributed by atoms with E-state index < -0.39 is 5.41 Å². The van der Waals surface area contributed by atoms with Crippen molar-refractivity contribution in [3.05, 3.63) is 0 Å². The van der Waals surface area contributed by atoms with E-state index in [0.29, 0.717) is 12.8 Å². The summed E-state index contributed by atoms with van der Waals surface area (Å²) in [6.45, 7) is 5.75. The summed E-state index contributed by atoms with van der Waals surface area (Å²) in [5.74, 6) is -0.0856. The van der Waals surface area contributed by atoms with Gasteiger partial charge in [-0.2, -0.15) is 0 Å². The number of Topliss-reactive ketones (excluding diaryl/α,β-unsaturated/α-hetero) is 2. The molecule has 0 amide bonds. The fraction of sp³-hybridized carbons (Fsp3) is 0.812. The van der Waals surface area contributed by atoms with Crippen molar-refractivity contribution in [2.75, 3.05) is 7.11 Å². The molecule has 0 N–H and O–H groups in total. The zero-order valence-electron chi connectivity index (χ0n) is 13.0. The molecule has 1 fully saturated rings. The number of rotatable bonds is 6. The molecule has 20 heavy (non-hydrogen) atoms. The van der Waals surface area contributed by atoms with E-state index in [1.165, 1.54) is 7.11 Å². The molecule has 0 radical (unpaired) electrons. The van der Waals surface area contributed by atoms with Crippen LogP contribution in [0.15, 0.2) is 0 Å². The van der Waals surface area contributed by atoms with Crippen molar-refractivity contribution in [2.24, 2.45) is 17.3 Å². The smallest absolute Gasteiger partial charge is 0.305 e. The predicted molar refractivity (Wildman–Crippen MR) is 76.2 cm³/mol. The molecule has 2 unspecified atom stereocenters. The first-order chi connectivity index (χ1) is 9.31. The molecule has 4 heteroatoms. The molecule has 1 aliphatic carbocycles. The lowest BCUT2D eigenvalue weighted by molar-refractivity contribution is -0.144. The third-order valence-electron chi connectivity index (χ3n) is 4.61. The van der Waals surface area contributed by atoms with Crippen LogP contribution in [0, 0.1) is 17.3 Å². The van der Waals surface area contributed by atoms with Crippen molar-refractivity contribution in [2.45, 2.75) is 59.3 Å². The molecule has 0 aliphatic heterocycles. The summed E-state index contributed by atoms with van der Waals surface area (Å²) in [6, 6.07) is 0.